The topological polar surface area (TPSA) is 288 Å². The zero-order valence-electron chi connectivity index (χ0n) is 13.5. The first-order chi connectivity index (χ1) is 7.83. The van der Waals surface area contributed by atoms with E-state index in [9.17, 15) is 0 Å². The van der Waals surface area contributed by atoms with E-state index in [1.807, 2.05) is 0 Å². The Morgan fingerprint density at radius 3 is 0.583 bits per heavy atom. The second kappa shape index (κ2) is 412. The molecule has 0 heterocycles. The van der Waals surface area contributed by atoms with Gasteiger partial charge in [-0.05, 0) is 0 Å². The standard InChI is InChI=1S/2C2H7NO.4CN.4Cd.3H2N.Ni/c2*3-1-2-4;4*1-2;;;;;;;;/h2*4H,1-3H2;;;;;;;;;3*1H2;/q;;4*-1;;;;;3*-1;. The maximum atomic E-state index is 7.75. The van der Waals surface area contributed by atoms with E-state index >= 15 is 0 Å². The Balaban J connectivity index is -0.00000000402. The predicted molar refractivity (Wildman–Crippen MR) is 68.0 cm³/mol. The second-order valence-electron chi connectivity index (χ2n) is 1.02. The van der Waals surface area contributed by atoms with Gasteiger partial charge in [-0.2, -0.15) is 0 Å². The van der Waals surface area contributed by atoms with Crippen LogP contribution in [0.2, 0.25) is 0 Å². The van der Waals surface area contributed by atoms with E-state index in [0.717, 1.165) is 0 Å². The molecule has 0 radical (unpaired) electrons. The third kappa shape index (κ3) is 836. The largest absolute Gasteiger partial charge is 0.693 e. The molecule has 24 heavy (non-hydrogen) atoms. The average molecular weight is 783 g/mol. The van der Waals surface area contributed by atoms with Gasteiger partial charge >= 0.3 is 0 Å². The van der Waals surface area contributed by atoms with E-state index < -0.39 is 0 Å². The fraction of sp³-hybridized carbons (Fsp3) is 0.500. The van der Waals surface area contributed by atoms with Gasteiger partial charge in [0.2, 0.25) is 0 Å². The van der Waals surface area contributed by atoms with Gasteiger partial charge in [-0.1, -0.05) is 0 Å². The Kier molecular flexibility index (Phi) is 1950. The van der Waals surface area contributed by atoms with Crippen molar-refractivity contribution in [3.63, 3.8) is 0 Å². The molecule has 0 aliphatic heterocycles. The molecule has 16 heteroatoms. The molecule has 11 nitrogen and oxygen atoms in total. The third-order valence-electron chi connectivity index (χ3n) is 0.258. The van der Waals surface area contributed by atoms with Gasteiger partial charge in [0.15, 0.2) is 0 Å². The Labute approximate surface area is 236 Å². The first-order valence-corrected chi connectivity index (χ1v) is 3.34. The normalized spacial score (nSPS) is 2.83. The van der Waals surface area contributed by atoms with Crippen molar-refractivity contribution in [3.05, 3.63) is 44.7 Å². The van der Waals surface area contributed by atoms with Gasteiger partial charge in [-0.15, -0.1) is 0 Å². The quantitative estimate of drug-likeness (QED) is 0.224. The van der Waals surface area contributed by atoms with Crippen molar-refractivity contribution in [1.29, 1.82) is 21.0 Å². The van der Waals surface area contributed by atoms with Gasteiger partial charge in [-0.3, -0.25) is 0 Å². The van der Waals surface area contributed by atoms with Crippen molar-refractivity contribution in [2.24, 2.45) is 11.5 Å². The van der Waals surface area contributed by atoms with Crippen LogP contribution in [0.15, 0.2) is 0 Å². The number of hydrogen-bond acceptors (Lipinski definition) is 8. The van der Waals surface area contributed by atoms with E-state index in [1.54, 1.807) is 0 Å². The average Bonchev–Trinajstić information content (AvgIpc) is 2.47. The number of nitrogens with zero attached hydrogens (tertiary/aromatic N) is 4. The molecular weight excluding hydrogens is 762 g/mol. The summed E-state index contributed by atoms with van der Waals surface area (Å²) in [7, 11) is 0. The van der Waals surface area contributed by atoms with E-state index in [1.165, 1.54) is 0 Å². The molecule has 0 aliphatic carbocycles. The van der Waals surface area contributed by atoms with Gasteiger partial charge in [0.1, 0.15) is 0 Å². The molecule has 0 bridgehead atoms. The Morgan fingerprint density at radius 2 is 0.583 bits per heavy atom. The number of aliphatic hydroxyl groups excluding tert-OH is 2. The summed E-state index contributed by atoms with van der Waals surface area (Å²) >= 11 is 0. The summed E-state index contributed by atoms with van der Waals surface area (Å²) in [6.07, 6.45) is 0. The van der Waals surface area contributed by atoms with Crippen LogP contribution < -0.4 is 11.5 Å². The molecular formula is C8H20Cd4N9NiO2-7. The van der Waals surface area contributed by atoms with Crippen molar-refractivity contribution in [3.8, 4) is 0 Å². The molecule has 0 unspecified atom stereocenters. The summed E-state index contributed by atoms with van der Waals surface area (Å²) in [6.45, 7) is 19.9. The van der Waals surface area contributed by atoms with Gasteiger partial charge in [-0.25, -0.2) is 0 Å². The Bertz CT molecular complexity index is 124. The van der Waals surface area contributed by atoms with Crippen molar-refractivity contribution >= 4 is 0 Å². The van der Waals surface area contributed by atoms with E-state index in [4.69, 9.17) is 69.0 Å². The fourth-order valence-corrected chi connectivity index (χ4v) is 0. The third-order valence-corrected chi connectivity index (χ3v) is 0.258. The van der Waals surface area contributed by atoms with Gasteiger partial charge in [0.05, 0.1) is 13.2 Å². The zero-order valence-corrected chi connectivity index (χ0v) is 30.7. The maximum absolute atomic E-state index is 7.75. The molecule has 12 N–H and O–H groups in total. The molecule has 0 amide bonds. The summed E-state index contributed by atoms with van der Waals surface area (Å²) in [6, 6.07) is 0. The molecule has 0 saturated heterocycles. The first kappa shape index (κ1) is 114. The molecule has 0 aliphatic rings. The van der Waals surface area contributed by atoms with Gasteiger partial charge < -0.3 is 87.5 Å². The number of nitrogens with two attached hydrogens (primary N) is 5. The molecule has 0 saturated carbocycles. The van der Waals surface area contributed by atoms with Crippen molar-refractivity contribution in [2.45, 2.75) is 0 Å². The van der Waals surface area contributed by atoms with Crippen LogP contribution in [-0.4, -0.2) is 36.5 Å². The summed E-state index contributed by atoms with van der Waals surface area (Å²) in [4.78, 5) is 0. The number of aliphatic hydroxyl groups is 2. The monoisotopic (exact) mass is 788 g/mol. The number of hydrogen-bond donors (Lipinski definition) is 4. The van der Waals surface area contributed by atoms with E-state index in [2.05, 4.69) is 0 Å². The Hall–Kier alpha value is 1.86. The molecule has 0 atom stereocenters. The summed E-state index contributed by atoms with van der Waals surface area (Å²) in [5.41, 5.74) is 9.56. The smallest absolute Gasteiger partial charge is 0.0553 e. The summed E-state index contributed by atoms with van der Waals surface area (Å²) in [5.74, 6) is 0. The fourth-order valence-electron chi connectivity index (χ4n) is 0. The molecule has 0 aromatic heterocycles. The van der Waals surface area contributed by atoms with Gasteiger partial charge in [0, 0.05) is 139 Å². The van der Waals surface area contributed by atoms with Gasteiger partial charge in [0.25, 0.3) is 0 Å². The van der Waals surface area contributed by atoms with E-state index in [0.29, 0.717) is 13.1 Å². The molecule has 134 valence electrons. The zero-order chi connectivity index (χ0) is 14.8. The molecule has 0 aromatic carbocycles. The Morgan fingerprint density at radius 1 is 0.542 bits per heavy atom. The summed E-state index contributed by atoms with van der Waals surface area (Å²) in [5, 5.41) is 40.5. The predicted octanol–water partition coefficient (Wildman–Crippen LogP) is 0.399. The first-order valence-electron chi connectivity index (χ1n) is 3.34. The van der Waals surface area contributed by atoms with Crippen molar-refractivity contribution in [2.75, 3.05) is 26.3 Å². The van der Waals surface area contributed by atoms with Crippen LogP contribution in [0.3, 0.4) is 0 Å². The molecule has 0 rings (SSSR count). The number of rotatable bonds is 2. The SMILES string of the molecule is NCCO.NCCO.[C-]#N.[C-]#N.[C-]#N.[C-]#N.[Cd].[Cd].[Cd].[Cd].[NH2-].[NH2-].[NH2-].[Ni]. The van der Waals surface area contributed by atoms with Crippen molar-refractivity contribution in [1.82, 2.24) is 0 Å². The minimum Gasteiger partial charge on any atom is -0.693 e. The second-order valence-corrected chi connectivity index (χ2v) is 1.02. The van der Waals surface area contributed by atoms with Crippen LogP contribution in [-0.2, 0) is 126 Å². The van der Waals surface area contributed by atoms with Crippen LogP contribution in [0.1, 0.15) is 0 Å². The van der Waals surface area contributed by atoms with Crippen LogP contribution in [0.5, 0.6) is 0 Å². The van der Waals surface area contributed by atoms with Crippen molar-refractivity contribution < 1.29 is 136 Å². The molecule has 0 spiro atoms. The van der Waals surface area contributed by atoms with E-state index in [-0.39, 0.29) is 157 Å². The van der Waals surface area contributed by atoms with Crippen LogP contribution in [0, 0.1) is 47.3 Å². The van der Waals surface area contributed by atoms with Crippen LogP contribution in [0.25, 0.3) is 18.5 Å². The minimum atomic E-state index is 0. The maximum Gasteiger partial charge on any atom is 0.0553 e. The van der Waals surface area contributed by atoms with Crippen LogP contribution >= 0.6 is 0 Å². The van der Waals surface area contributed by atoms with Crippen LogP contribution in [0.4, 0.5) is 0 Å². The summed E-state index contributed by atoms with van der Waals surface area (Å²) < 4.78 is 0. The molecule has 0 aromatic rings. The minimum absolute atomic E-state index is 0. The molecule has 0 fully saturated rings.